The monoisotopic (exact) mass is 401 g/mol. The zero-order valence-corrected chi connectivity index (χ0v) is 17.2. The van der Waals surface area contributed by atoms with E-state index < -0.39 is 6.63 Å². The topological polar surface area (TPSA) is 3.24 Å². The van der Waals surface area contributed by atoms with E-state index in [0.29, 0.717) is 0 Å². The first-order valence-corrected chi connectivity index (χ1v) is 11.8. The van der Waals surface area contributed by atoms with Gasteiger partial charge in [0.25, 0.3) is 0 Å². The molecule has 0 aliphatic heterocycles. The highest BCUT2D eigenvalue weighted by Gasteiger charge is 2.16. The van der Waals surface area contributed by atoms with Crippen LogP contribution in [-0.4, -0.2) is 4.90 Å². The summed E-state index contributed by atoms with van der Waals surface area (Å²) < 4.78 is 0. The molecule has 3 aromatic carbocycles. The smallest absolute Gasteiger partial charge is 0.117 e. The molecule has 0 aliphatic carbocycles. The molecule has 0 saturated heterocycles. The molecule has 0 spiro atoms. The predicted octanol–water partition coefficient (Wildman–Crippen LogP) is 6.61. The van der Waals surface area contributed by atoms with Crippen molar-refractivity contribution >= 4 is 34.4 Å². The van der Waals surface area contributed by atoms with E-state index in [-0.39, 0.29) is 0 Å². The van der Waals surface area contributed by atoms with Crippen LogP contribution >= 0.6 is 29.1 Å². The second-order valence-electron chi connectivity index (χ2n) is 6.43. The van der Waals surface area contributed by atoms with Gasteiger partial charge in [0.2, 0.25) is 0 Å². The molecule has 0 N–H and O–H groups in total. The summed E-state index contributed by atoms with van der Waals surface area (Å²) in [7, 11) is 0. The predicted molar refractivity (Wildman–Crippen MR) is 115 cm³/mol. The van der Waals surface area contributed by atoms with Crippen molar-refractivity contribution in [2.24, 2.45) is 0 Å². The lowest BCUT2D eigenvalue weighted by atomic mass is 10.1. The fraction of sp³-hybridized carbons (Fsp3) is 0.182. The molecule has 0 fully saturated rings. The summed E-state index contributed by atoms with van der Waals surface area (Å²) in [6.07, 6.45) is 0. The fourth-order valence-electron chi connectivity index (χ4n) is 3.18. The van der Waals surface area contributed by atoms with E-state index >= 15 is 0 Å². The largest absolute Gasteiger partial charge is 0.291 e. The van der Waals surface area contributed by atoms with Crippen LogP contribution in [0.5, 0.6) is 0 Å². The second-order valence-corrected chi connectivity index (χ2v) is 9.89. The number of aryl methyl sites for hydroxylation is 1. The van der Waals surface area contributed by atoms with E-state index in [9.17, 15) is 0 Å². The molecule has 134 valence electrons. The number of rotatable bonds is 7. The molecule has 3 aromatic rings. The molecule has 4 heteroatoms. The minimum Gasteiger partial charge on any atom is -0.291 e. The lowest BCUT2D eigenvalue weighted by molar-refractivity contribution is 0.248. The van der Waals surface area contributed by atoms with Crippen molar-refractivity contribution < 1.29 is 0 Å². The van der Waals surface area contributed by atoms with E-state index in [2.05, 4.69) is 90.7 Å². The van der Waals surface area contributed by atoms with Crippen LogP contribution in [0.15, 0.2) is 78.9 Å². The van der Waals surface area contributed by atoms with Gasteiger partial charge in [-0.15, -0.1) is 0 Å². The van der Waals surface area contributed by atoms with Gasteiger partial charge in [0.1, 0.15) is 6.63 Å². The van der Waals surface area contributed by atoms with Gasteiger partial charge in [0, 0.05) is 24.9 Å². The highest BCUT2D eigenvalue weighted by molar-refractivity contribution is 8.09. The van der Waals surface area contributed by atoms with Crippen LogP contribution in [0.25, 0.3) is 0 Å². The van der Waals surface area contributed by atoms with E-state index in [0.717, 1.165) is 30.5 Å². The molecule has 0 atom stereocenters. The Balaban J connectivity index is 1.87. The summed E-state index contributed by atoms with van der Waals surface area (Å²) in [6.45, 7) is 3.49. The molecule has 26 heavy (non-hydrogen) atoms. The second kappa shape index (κ2) is 9.53. The molecular formula is C22H22Cl2NP. The molecule has 0 aromatic heterocycles. The number of benzene rings is 3. The minimum absolute atomic E-state index is 0.819. The highest BCUT2D eigenvalue weighted by Crippen LogP contribution is 2.47. The van der Waals surface area contributed by atoms with E-state index in [1.165, 1.54) is 16.7 Å². The molecule has 0 heterocycles. The van der Waals surface area contributed by atoms with Crippen molar-refractivity contribution in [3.05, 3.63) is 101 Å². The zero-order valence-electron chi connectivity index (χ0n) is 14.8. The molecular weight excluding hydrogens is 380 g/mol. The van der Waals surface area contributed by atoms with Gasteiger partial charge in [-0.1, -0.05) is 101 Å². The van der Waals surface area contributed by atoms with Crippen molar-refractivity contribution in [2.45, 2.75) is 26.6 Å². The van der Waals surface area contributed by atoms with Gasteiger partial charge in [-0.05, 0) is 29.2 Å². The van der Waals surface area contributed by atoms with E-state index in [4.69, 9.17) is 22.5 Å². The van der Waals surface area contributed by atoms with Crippen LogP contribution in [0.4, 0.5) is 0 Å². The summed E-state index contributed by atoms with van der Waals surface area (Å²) in [6, 6.07) is 27.5. The number of hydrogen-bond donors (Lipinski definition) is 0. The first kappa shape index (κ1) is 19.4. The maximum atomic E-state index is 6.33. The lowest BCUT2D eigenvalue weighted by Crippen LogP contribution is -2.25. The van der Waals surface area contributed by atoms with Gasteiger partial charge in [0.15, 0.2) is 0 Å². The Morgan fingerprint density at radius 3 is 1.73 bits per heavy atom. The molecule has 0 saturated carbocycles. The minimum atomic E-state index is -1.17. The van der Waals surface area contributed by atoms with E-state index in [1.807, 2.05) is 0 Å². The van der Waals surface area contributed by atoms with Crippen LogP contribution in [0, 0.1) is 6.92 Å². The van der Waals surface area contributed by atoms with Gasteiger partial charge in [-0.25, -0.2) is 0 Å². The Morgan fingerprint density at radius 2 is 1.23 bits per heavy atom. The SMILES string of the molecule is Cc1cccc(CN(Cc2ccccc2)Cc2ccccc2)c1P(Cl)Cl. The Kier molecular flexibility index (Phi) is 7.11. The average molecular weight is 402 g/mol. The number of halogens is 2. The van der Waals surface area contributed by atoms with Gasteiger partial charge in [0.05, 0.1) is 0 Å². The third-order valence-corrected chi connectivity index (χ3v) is 6.37. The van der Waals surface area contributed by atoms with Crippen LogP contribution < -0.4 is 5.30 Å². The van der Waals surface area contributed by atoms with Gasteiger partial charge in [-0.3, -0.25) is 4.90 Å². The quantitative estimate of drug-likeness (QED) is 0.402. The molecule has 0 radical (unpaired) electrons. The first-order valence-electron chi connectivity index (χ1n) is 8.64. The summed E-state index contributed by atoms with van der Waals surface area (Å²) in [4.78, 5) is 2.44. The third kappa shape index (κ3) is 5.32. The molecule has 0 aliphatic rings. The zero-order chi connectivity index (χ0) is 18.4. The van der Waals surface area contributed by atoms with E-state index in [1.54, 1.807) is 0 Å². The maximum Gasteiger partial charge on any atom is 0.117 e. The summed E-state index contributed by atoms with van der Waals surface area (Å²) in [5, 5.41) is 1.09. The van der Waals surface area contributed by atoms with Gasteiger partial charge >= 0.3 is 0 Å². The van der Waals surface area contributed by atoms with Crippen LogP contribution in [-0.2, 0) is 19.6 Å². The Hall–Kier alpha value is -1.37. The number of hydrogen-bond acceptors (Lipinski definition) is 1. The number of nitrogens with zero attached hydrogens (tertiary/aromatic N) is 1. The summed E-state index contributed by atoms with van der Waals surface area (Å²) in [5.41, 5.74) is 4.99. The average Bonchev–Trinajstić information content (AvgIpc) is 2.63. The molecule has 0 amide bonds. The summed E-state index contributed by atoms with van der Waals surface area (Å²) in [5.74, 6) is 0. The Labute approximate surface area is 166 Å². The fourth-order valence-corrected chi connectivity index (χ4v) is 5.34. The molecule has 1 nitrogen and oxygen atoms in total. The van der Waals surface area contributed by atoms with Crippen LogP contribution in [0.3, 0.4) is 0 Å². The van der Waals surface area contributed by atoms with Crippen molar-refractivity contribution in [3.8, 4) is 0 Å². The third-order valence-electron chi connectivity index (χ3n) is 4.38. The Bertz CT molecular complexity index is 781. The molecule has 0 unspecified atom stereocenters. The van der Waals surface area contributed by atoms with Crippen molar-refractivity contribution in [2.75, 3.05) is 0 Å². The van der Waals surface area contributed by atoms with Crippen molar-refractivity contribution in [1.82, 2.24) is 4.90 Å². The Morgan fingerprint density at radius 1 is 0.692 bits per heavy atom. The first-order chi connectivity index (χ1) is 12.6. The van der Waals surface area contributed by atoms with Crippen molar-refractivity contribution in [1.29, 1.82) is 0 Å². The van der Waals surface area contributed by atoms with Gasteiger partial charge in [-0.2, -0.15) is 0 Å². The maximum absolute atomic E-state index is 6.33. The summed E-state index contributed by atoms with van der Waals surface area (Å²) >= 11 is 12.7. The standard InChI is InChI=1S/C22H22Cl2NP/c1-18-9-8-14-21(22(18)26(23)24)17-25(15-19-10-4-2-5-11-19)16-20-12-6-3-7-13-20/h2-14H,15-17H2,1H3. The van der Waals surface area contributed by atoms with Crippen molar-refractivity contribution in [3.63, 3.8) is 0 Å². The molecule has 3 rings (SSSR count). The lowest BCUT2D eigenvalue weighted by Gasteiger charge is -2.25. The van der Waals surface area contributed by atoms with Crippen LogP contribution in [0.2, 0.25) is 0 Å². The highest BCUT2D eigenvalue weighted by atomic mass is 35.9. The molecule has 0 bridgehead atoms. The van der Waals surface area contributed by atoms with Crippen LogP contribution in [0.1, 0.15) is 22.3 Å². The van der Waals surface area contributed by atoms with Gasteiger partial charge < -0.3 is 0 Å². The normalized spacial score (nSPS) is 11.3.